The van der Waals surface area contributed by atoms with Gasteiger partial charge in [0, 0.05) is 12.7 Å². The van der Waals surface area contributed by atoms with E-state index in [1.165, 1.54) is 7.11 Å². The number of hydrogen-bond donors (Lipinski definition) is 1. The second kappa shape index (κ2) is 6.95. The summed E-state index contributed by atoms with van der Waals surface area (Å²) >= 11 is 0. The minimum absolute atomic E-state index is 0.205. The van der Waals surface area contributed by atoms with Crippen LogP contribution in [0.3, 0.4) is 0 Å². The monoisotopic (exact) mass is 226 g/mol. The Kier molecular flexibility index (Phi) is 5.49. The highest BCUT2D eigenvalue weighted by Gasteiger charge is 2.14. The third kappa shape index (κ3) is 3.98. The van der Waals surface area contributed by atoms with E-state index in [4.69, 9.17) is 0 Å². The normalized spacial score (nSPS) is 12.4. The lowest BCUT2D eigenvalue weighted by molar-refractivity contribution is -0.143. The van der Waals surface area contributed by atoms with Crippen molar-refractivity contribution >= 4 is 5.97 Å². The van der Waals surface area contributed by atoms with E-state index in [-0.39, 0.29) is 12.0 Å². The Morgan fingerprint density at radius 1 is 1.62 bits per heavy atom. The van der Waals surface area contributed by atoms with Crippen LogP contribution in [0.25, 0.3) is 0 Å². The molecule has 0 aromatic carbocycles. The average Bonchev–Trinajstić information content (AvgIpc) is 2.81. The number of carbonyl (C=O) groups excluding carboxylic acids is 1. The van der Waals surface area contributed by atoms with Crippen LogP contribution in [-0.2, 0) is 16.1 Å². The van der Waals surface area contributed by atoms with Gasteiger partial charge in [0.05, 0.1) is 13.3 Å². The third-order valence-corrected chi connectivity index (χ3v) is 2.32. The van der Waals surface area contributed by atoms with Crippen LogP contribution in [0.5, 0.6) is 0 Å². The van der Waals surface area contributed by atoms with Gasteiger partial charge in [-0.15, -0.1) is 5.10 Å². The third-order valence-electron chi connectivity index (χ3n) is 2.32. The molecule has 90 valence electrons. The zero-order valence-electron chi connectivity index (χ0n) is 9.72. The molecule has 0 amide bonds. The molecule has 1 atom stereocenters. The number of rotatable bonds is 7. The number of esters is 1. The lowest BCUT2D eigenvalue weighted by atomic mass is 10.2. The van der Waals surface area contributed by atoms with Crippen LogP contribution in [0.2, 0.25) is 0 Å². The summed E-state index contributed by atoms with van der Waals surface area (Å²) in [7, 11) is 1.40. The molecule has 0 aliphatic carbocycles. The molecule has 0 bridgehead atoms. The molecule has 1 rings (SSSR count). The van der Waals surface area contributed by atoms with Gasteiger partial charge < -0.3 is 10.1 Å². The number of hydrogen-bond acceptors (Lipinski definition) is 5. The molecule has 0 saturated carbocycles. The van der Waals surface area contributed by atoms with Crippen LogP contribution in [0.15, 0.2) is 12.4 Å². The molecule has 1 N–H and O–H groups in total. The summed E-state index contributed by atoms with van der Waals surface area (Å²) in [6.45, 7) is 3.50. The van der Waals surface area contributed by atoms with Crippen molar-refractivity contribution in [3.8, 4) is 0 Å². The number of aromatic nitrogens is 3. The minimum atomic E-state index is -0.208. The van der Waals surface area contributed by atoms with Gasteiger partial charge in [-0.3, -0.25) is 9.48 Å². The van der Waals surface area contributed by atoms with Crippen molar-refractivity contribution in [2.24, 2.45) is 0 Å². The first-order valence-corrected chi connectivity index (χ1v) is 5.43. The molecule has 6 nitrogen and oxygen atoms in total. The minimum Gasteiger partial charge on any atom is -0.468 e. The second-order valence-electron chi connectivity index (χ2n) is 3.46. The van der Waals surface area contributed by atoms with Crippen molar-refractivity contribution in [2.75, 3.05) is 13.7 Å². The van der Waals surface area contributed by atoms with Gasteiger partial charge in [0.25, 0.3) is 0 Å². The summed E-state index contributed by atoms with van der Waals surface area (Å²) in [5.41, 5.74) is 0. The van der Waals surface area contributed by atoms with Crippen LogP contribution in [0.4, 0.5) is 0 Å². The molecule has 0 saturated heterocycles. The molecule has 6 heteroatoms. The van der Waals surface area contributed by atoms with E-state index in [1.54, 1.807) is 10.9 Å². The maximum Gasteiger partial charge on any atom is 0.322 e. The van der Waals surface area contributed by atoms with Crippen molar-refractivity contribution < 1.29 is 9.53 Å². The number of nitrogens with zero attached hydrogens (tertiary/aromatic N) is 3. The van der Waals surface area contributed by atoms with Crippen LogP contribution in [0.1, 0.15) is 19.8 Å². The fourth-order valence-electron chi connectivity index (χ4n) is 1.41. The number of aryl methyl sites for hydroxylation is 1. The van der Waals surface area contributed by atoms with Crippen molar-refractivity contribution in [2.45, 2.75) is 32.4 Å². The van der Waals surface area contributed by atoms with E-state index in [0.29, 0.717) is 0 Å². The number of carbonyl (C=O) groups is 1. The standard InChI is InChI=1S/C10H18N4O2/c1-3-9(10(15)16-2)11-5-4-7-14-8-6-12-13-14/h6,8-9,11H,3-5,7H2,1-2H3. The van der Waals surface area contributed by atoms with E-state index in [1.807, 2.05) is 13.1 Å². The number of nitrogens with one attached hydrogen (secondary N) is 1. The van der Waals surface area contributed by atoms with E-state index in [0.717, 1.165) is 25.9 Å². The first-order chi connectivity index (χ1) is 7.77. The Morgan fingerprint density at radius 3 is 3.00 bits per heavy atom. The molecular weight excluding hydrogens is 208 g/mol. The lowest BCUT2D eigenvalue weighted by Crippen LogP contribution is -2.37. The summed E-state index contributed by atoms with van der Waals surface area (Å²) in [5, 5.41) is 10.7. The molecule has 1 aromatic rings. The van der Waals surface area contributed by atoms with Crippen LogP contribution < -0.4 is 5.32 Å². The molecule has 0 spiro atoms. The Labute approximate surface area is 95.0 Å². The fraction of sp³-hybridized carbons (Fsp3) is 0.700. The van der Waals surface area contributed by atoms with Gasteiger partial charge in [0.2, 0.25) is 0 Å². The van der Waals surface area contributed by atoms with Gasteiger partial charge in [-0.25, -0.2) is 0 Å². The number of methoxy groups -OCH3 is 1. The van der Waals surface area contributed by atoms with E-state index < -0.39 is 0 Å². The average molecular weight is 226 g/mol. The first kappa shape index (κ1) is 12.6. The number of ether oxygens (including phenoxy) is 1. The maximum atomic E-state index is 11.3. The molecule has 0 aliphatic rings. The highest BCUT2D eigenvalue weighted by Crippen LogP contribution is 1.94. The zero-order chi connectivity index (χ0) is 11.8. The van der Waals surface area contributed by atoms with Gasteiger partial charge in [-0.2, -0.15) is 0 Å². The van der Waals surface area contributed by atoms with Crippen LogP contribution >= 0.6 is 0 Å². The molecule has 0 radical (unpaired) electrons. The van der Waals surface area contributed by atoms with Crippen molar-refractivity contribution in [3.63, 3.8) is 0 Å². The highest BCUT2D eigenvalue weighted by molar-refractivity contribution is 5.75. The molecule has 1 aromatic heterocycles. The summed E-state index contributed by atoms with van der Waals surface area (Å²) < 4.78 is 6.44. The molecule has 1 unspecified atom stereocenters. The summed E-state index contributed by atoms with van der Waals surface area (Å²) in [5.74, 6) is -0.205. The van der Waals surface area contributed by atoms with Crippen molar-refractivity contribution in [1.82, 2.24) is 20.3 Å². The largest absolute Gasteiger partial charge is 0.468 e. The smallest absolute Gasteiger partial charge is 0.322 e. The van der Waals surface area contributed by atoms with E-state index in [2.05, 4.69) is 20.4 Å². The quantitative estimate of drug-likeness (QED) is 0.531. The SMILES string of the molecule is CCC(NCCCn1ccnn1)C(=O)OC. The van der Waals surface area contributed by atoms with E-state index >= 15 is 0 Å². The van der Waals surface area contributed by atoms with Crippen LogP contribution in [0, 0.1) is 0 Å². The fourth-order valence-corrected chi connectivity index (χ4v) is 1.41. The Morgan fingerprint density at radius 2 is 2.44 bits per heavy atom. The predicted molar refractivity (Wildman–Crippen MR) is 58.7 cm³/mol. The van der Waals surface area contributed by atoms with Crippen molar-refractivity contribution in [3.05, 3.63) is 12.4 Å². The van der Waals surface area contributed by atoms with Crippen LogP contribution in [-0.4, -0.2) is 40.7 Å². The first-order valence-electron chi connectivity index (χ1n) is 5.43. The Hall–Kier alpha value is -1.43. The summed E-state index contributed by atoms with van der Waals surface area (Å²) in [4.78, 5) is 11.3. The molecule has 0 fully saturated rings. The van der Waals surface area contributed by atoms with Gasteiger partial charge in [0.15, 0.2) is 0 Å². The molecule has 1 heterocycles. The summed E-state index contributed by atoms with van der Waals surface area (Å²) in [6, 6.07) is -0.208. The molecule has 16 heavy (non-hydrogen) atoms. The van der Waals surface area contributed by atoms with Gasteiger partial charge in [-0.1, -0.05) is 12.1 Å². The highest BCUT2D eigenvalue weighted by atomic mass is 16.5. The zero-order valence-corrected chi connectivity index (χ0v) is 9.72. The second-order valence-corrected chi connectivity index (χ2v) is 3.46. The predicted octanol–water partition coefficient (Wildman–Crippen LogP) is 0.209. The van der Waals surface area contributed by atoms with E-state index in [9.17, 15) is 4.79 Å². The topological polar surface area (TPSA) is 69.0 Å². The van der Waals surface area contributed by atoms with Gasteiger partial charge in [0.1, 0.15) is 6.04 Å². The Bertz CT molecular complexity index is 300. The summed E-state index contributed by atoms with van der Waals surface area (Å²) in [6.07, 6.45) is 5.10. The molecule has 0 aliphatic heterocycles. The Balaban J connectivity index is 2.16. The van der Waals surface area contributed by atoms with Gasteiger partial charge >= 0.3 is 5.97 Å². The lowest BCUT2D eigenvalue weighted by Gasteiger charge is -2.13. The van der Waals surface area contributed by atoms with Gasteiger partial charge in [-0.05, 0) is 19.4 Å². The molecular formula is C10H18N4O2. The maximum absolute atomic E-state index is 11.3. The van der Waals surface area contributed by atoms with Crippen molar-refractivity contribution in [1.29, 1.82) is 0 Å².